The minimum atomic E-state index is -3.78. The second-order valence-corrected chi connectivity index (χ2v) is 12.6. The van der Waals surface area contributed by atoms with Crippen molar-refractivity contribution >= 4 is 38.9 Å². The number of aryl methyl sites for hydroxylation is 1. The van der Waals surface area contributed by atoms with Gasteiger partial charge in [-0.25, -0.2) is 22.7 Å². The quantitative estimate of drug-likeness (QED) is 0.355. The minimum Gasteiger partial charge on any atom is -0.393 e. The summed E-state index contributed by atoms with van der Waals surface area (Å²) in [6.07, 6.45) is 3.27. The van der Waals surface area contributed by atoms with Crippen molar-refractivity contribution in [1.29, 1.82) is 0 Å². The van der Waals surface area contributed by atoms with E-state index in [1.165, 1.54) is 18.4 Å². The molecule has 5 N–H and O–H groups in total. The molecule has 1 aromatic carbocycles. The zero-order chi connectivity index (χ0) is 28.3. The van der Waals surface area contributed by atoms with Crippen LogP contribution in [0.2, 0.25) is 0 Å². The van der Waals surface area contributed by atoms with Crippen molar-refractivity contribution in [1.82, 2.24) is 19.2 Å². The van der Waals surface area contributed by atoms with Crippen LogP contribution >= 0.6 is 0 Å². The molecule has 4 rings (SSSR count). The average molecular weight is 561 g/mol. The third-order valence-corrected chi connectivity index (χ3v) is 9.24. The molecule has 1 aliphatic carbocycles. The smallest absolute Gasteiger partial charge is 0.271 e. The van der Waals surface area contributed by atoms with Crippen molar-refractivity contribution in [3.63, 3.8) is 0 Å². The first kappa shape index (κ1) is 29.0. The SMILES string of the molecule is CCc1nc(C(N)=O)c(Nc2ccc(N3CCN(C)CC3)c(S(=O)(=O)N(C)C)c2)nc1NC1CCC(O)CC1. The van der Waals surface area contributed by atoms with Crippen molar-refractivity contribution in [2.75, 3.05) is 62.9 Å². The Kier molecular flexibility index (Phi) is 8.94. The second kappa shape index (κ2) is 12.0. The molecule has 0 radical (unpaired) electrons. The minimum absolute atomic E-state index is 0.0170. The molecule has 1 aliphatic heterocycles. The number of nitrogens with two attached hydrogens (primary N) is 1. The molecule has 2 aliphatic rings. The Hall–Kier alpha value is -3.00. The van der Waals surface area contributed by atoms with Crippen molar-refractivity contribution in [2.45, 2.75) is 56.1 Å². The monoisotopic (exact) mass is 560 g/mol. The van der Waals surface area contributed by atoms with Crippen LogP contribution in [-0.4, -0.2) is 98.1 Å². The Balaban J connectivity index is 1.71. The molecule has 1 amide bonds. The molecule has 2 aromatic rings. The van der Waals surface area contributed by atoms with E-state index in [1.807, 2.05) is 14.0 Å². The predicted octanol–water partition coefficient (Wildman–Crippen LogP) is 1.60. The van der Waals surface area contributed by atoms with Crippen LogP contribution in [0.5, 0.6) is 0 Å². The lowest BCUT2D eigenvalue weighted by Crippen LogP contribution is -2.45. The molecular formula is C26H40N8O4S. The number of benzene rings is 1. The van der Waals surface area contributed by atoms with Gasteiger partial charge in [0, 0.05) is 52.0 Å². The van der Waals surface area contributed by atoms with Crippen LogP contribution in [0.1, 0.15) is 48.8 Å². The van der Waals surface area contributed by atoms with Gasteiger partial charge in [0.15, 0.2) is 11.5 Å². The van der Waals surface area contributed by atoms with E-state index in [9.17, 15) is 18.3 Å². The number of primary amides is 1. The zero-order valence-electron chi connectivity index (χ0n) is 23.1. The third-order valence-electron chi connectivity index (χ3n) is 7.40. The molecule has 1 aromatic heterocycles. The van der Waals surface area contributed by atoms with Crippen LogP contribution in [-0.2, 0) is 16.4 Å². The standard InChI is InChI=1S/C26H40N8O4S/c1-5-20-25(28-17-6-9-19(35)10-7-17)31-26(23(30-20)24(27)36)29-18-8-11-21(34-14-12-33(4)13-15-34)22(16-18)39(37,38)32(2)3/h8,11,16-17,19,35H,5-7,9-10,12-15H2,1-4H3,(H2,27,36)(H2,28,29,31). The number of piperazine rings is 1. The van der Waals surface area contributed by atoms with Crippen LogP contribution in [0.4, 0.5) is 23.0 Å². The first-order chi connectivity index (χ1) is 18.5. The van der Waals surface area contributed by atoms with Gasteiger partial charge in [0.25, 0.3) is 5.91 Å². The summed E-state index contributed by atoms with van der Waals surface area (Å²) >= 11 is 0. The van der Waals surface area contributed by atoms with Gasteiger partial charge in [-0.2, -0.15) is 0 Å². The maximum Gasteiger partial charge on any atom is 0.271 e. The third kappa shape index (κ3) is 6.60. The molecular weight excluding hydrogens is 520 g/mol. The second-order valence-electron chi connectivity index (χ2n) is 10.5. The number of nitrogens with one attached hydrogen (secondary N) is 2. The lowest BCUT2D eigenvalue weighted by atomic mass is 9.93. The molecule has 12 nitrogen and oxygen atoms in total. The van der Waals surface area contributed by atoms with E-state index >= 15 is 0 Å². The lowest BCUT2D eigenvalue weighted by Gasteiger charge is -2.35. The van der Waals surface area contributed by atoms with Gasteiger partial charge in [0.1, 0.15) is 10.7 Å². The number of aliphatic hydroxyl groups excluding tert-OH is 1. The number of hydrogen-bond acceptors (Lipinski definition) is 10. The summed E-state index contributed by atoms with van der Waals surface area (Å²) in [5, 5.41) is 16.4. The highest BCUT2D eigenvalue weighted by molar-refractivity contribution is 7.89. The molecule has 2 fully saturated rings. The number of rotatable bonds is 9. The highest BCUT2D eigenvalue weighted by atomic mass is 32.2. The first-order valence-electron chi connectivity index (χ1n) is 13.4. The van der Waals surface area contributed by atoms with Gasteiger partial charge in [-0.05, 0) is 57.4 Å². The maximum atomic E-state index is 13.4. The summed E-state index contributed by atoms with van der Waals surface area (Å²) in [6.45, 7) is 5.01. The van der Waals surface area contributed by atoms with Crippen LogP contribution in [0.3, 0.4) is 0 Å². The number of nitrogens with zero attached hydrogens (tertiary/aromatic N) is 5. The van der Waals surface area contributed by atoms with Gasteiger partial charge in [-0.1, -0.05) is 6.92 Å². The Morgan fingerprint density at radius 3 is 2.36 bits per heavy atom. The number of carbonyl (C=O) groups excluding carboxylic acids is 1. The van der Waals surface area contributed by atoms with Gasteiger partial charge in [-0.15, -0.1) is 0 Å². The highest BCUT2D eigenvalue weighted by Gasteiger charge is 2.27. The Morgan fingerprint density at radius 2 is 1.77 bits per heavy atom. The van der Waals surface area contributed by atoms with Crippen molar-refractivity contribution < 1.29 is 18.3 Å². The average Bonchev–Trinajstić information content (AvgIpc) is 2.90. The molecule has 1 saturated carbocycles. The van der Waals surface area contributed by atoms with Crippen molar-refractivity contribution in [3.8, 4) is 0 Å². The van der Waals surface area contributed by atoms with Crippen LogP contribution in [0.25, 0.3) is 0 Å². The highest BCUT2D eigenvalue weighted by Crippen LogP contribution is 2.33. The van der Waals surface area contributed by atoms with E-state index in [1.54, 1.807) is 18.2 Å². The molecule has 1 saturated heterocycles. The summed E-state index contributed by atoms with van der Waals surface area (Å²) in [5.41, 5.74) is 7.34. The Bertz CT molecular complexity index is 1290. The normalized spacial score (nSPS) is 20.7. The number of carbonyl (C=O) groups is 1. The lowest BCUT2D eigenvalue weighted by molar-refractivity contribution is 0.0995. The summed E-state index contributed by atoms with van der Waals surface area (Å²) in [6, 6.07) is 5.26. The number of aromatic nitrogens is 2. The summed E-state index contributed by atoms with van der Waals surface area (Å²) < 4.78 is 27.9. The molecule has 214 valence electrons. The number of amides is 1. The molecule has 39 heavy (non-hydrogen) atoms. The number of anilines is 4. The molecule has 0 atom stereocenters. The van der Waals surface area contributed by atoms with E-state index in [-0.39, 0.29) is 28.6 Å². The van der Waals surface area contributed by atoms with E-state index in [4.69, 9.17) is 10.7 Å². The van der Waals surface area contributed by atoms with E-state index in [0.717, 1.165) is 25.9 Å². The predicted molar refractivity (Wildman–Crippen MR) is 152 cm³/mol. The van der Waals surface area contributed by atoms with E-state index < -0.39 is 15.9 Å². The fraction of sp³-hybridized carbons (Fsp3) is 0.577. The number of aliphatic hydroxyl groups is 1. The summed E-state index contributed by atoms with van der Waals surface area (Å²) in [4.78, 5) is 26.0. The van der Waals surface area contributed by atoms with Gasteiger partial charge in [0.05, 0.1) is 17.5 Å². The maximum absolute atomic E-state index is 13.4. The number of likely N-dealkylation sites (N-methyl/N-ethyl adjacent to an activating group) is 1. The first-order valence-corrected chi connectivity index (χ1v) is 14.9. The summed E-state index contributed by atoms with van der Waals surface area (Å²) in [7, 11) is 1.28. The van der Waals surface area contributed by atoms with Gasteiger partial charge in [0.2, 0.25) is 10.0 Å². The Labute approximate surface area is 230 Å². The summed E-state index contributed by atoms with van der Waals surface area (Å²) in [5.74, 6) is -0.0394. The van der Waals surface area contributed by atoms with Gasteiger partial charge >= 0.3 is 0 Å². The Morgan fingerprint density at radius 1 is 1.10 bits per heavy atom. The topological polar surface area (TPSA) is 157 Å². The molecule has 0 unspecified atom stereocenters. The molecule has 13 heteroatoms. The number of sulfonamides is 1. The largest absolute Gasteiger partial charge is 0.393 e. The fourth-order valence-corrected chi connectivity index (χ4v) is 6.08. The molecule has 2 heterocycles. The van der Waals surface area contributed by atoms with Crippen molar-refractivity contribution in [2.24, 2.45) is 5.73 Å². The van der Waals surface area contributed by atoms with Crippen LogP contribution in [0, 0.1) is 0 Å². The van der Waals surface area contributed by atoms with Crippen molar-refractivity contribution in [3.05, 3.63) is 29.6 Å². The van der Waals surface area contributed by atoms with E-state index in [0.29, 0.717) is 55.2 Å². The fourth-order valence-electron chi connectivity index (χ4n) is 4.95. The molecule has 0 spiro atoms. The molecule has 0 bridgehead atoms. The zero-order valence-corrected chi connectivity index (χ0v) is 24.0. The van der Waals surface area contributed by atoms with E-state index in [2.05, 4.69) is 25.4 Å². The van der Waals surface area contributed by atoms with Gasteiger partial charge in [-0.3, -0.25) is 4.79 Å². The van der Waals surface area contributed by atoms with Gasteiger partial charge < -0.3 is 31.3 Å². The van der Waals surface area contributed by atoms with Crippen LogP contribution in [0.15, 0.2) is 23.1 Å². The van der Waals surface area contributed by atoms with Crippen LogP contribution < -0.4 is 21.3 Å². The number of hydrogen-bond donors (Lipinski definition) is 4.